The molecule has 8 nitrogen and oxygen atoms in total. The van der Waals surface area contributed by atoms with Crippen LogP contribution in [-0.4, -0.2) is 66.4 Å². The molecule has 0 aromatic heterocycles. The summed E-state index contributed by atoms with van der Waals surface area (Å²) in [5.74, 6) is -0.620. The van der Waals surface area contributed by atoms with E-state index in [2.05, 4.69) is 18.7 Å². The van der Waals surface area contributed by atoms with Crippen molar-refractivity contribution >= 4 is 15.8 Å². The summed E-state index contributed by atoms with van der Waals surface area (Å²) >= 11 is 0. The van der Waals surface area contributed by atoms with Gasteiger partial charge in [0.15, 0.2) is 9.84 Å². The minimum absolute atomic E-state index is 0.0746. The van der Waals surface area contributed by atoms with E-state index in [-0.39, 0.29) is 27.9 Å². The maximum Gasteiger partial charge on any atom is 0.341 e. The minimum atomic E-state index is -3.87. The number of sulfone groups is 1. The maximum atomic E-state index is 13.5. The Labute approximate surface area is 207 Å². The second-order valence-electron chi connectivity index (χ2n) is 8.06. The third-order valence-corrected chi connectivity index (χ3v) is 7.74. The van der Waals surface area contributed by atoms with Crippen molar-refractivity contribution in [2.45, 2.75) is 30.4 Å². The molecule has 0 saturated carbocycles. The highest BCUT2D eigenvalue weighted by Crippen LogP contribution is 2.37. The molecule has 2 aromatic rings. The van der Waals surface area contributed by atoms with Gasteiger partial charge >= 0.3 is 5.97 Å². The van der Waals surface area contributed by atoms with Gasteiger partial charge in [-0.15, -0.1) is 0 Å². The highest BCUT2D eigenvalue weighted by molar-refractivity contribution is 7.90. The molecule has 1 atom stereocenters. The van der Waals surface area contributed by atoms with Crippen LogP contribution in [0, 0.1) is 0 Å². The number of para-hydroxylation sites is 1. The molecule has 2 aromatic carbocycles. The zero-order valence-electron chi connectivity index (χ0n) is 20.7. The van der Waals surface area contributed by atoms with Gasteiger partial charge in [-0.25, -0.2) is 13.2 Å². The predicted octanol–water partition coefficient (Wildman–Crippen LogP) is 3.80. The second-order valence-corrected chi connectivity index (χ2v) is 10.0. The number of nitrogens with zero attached hydrogens (tertiary/aromatic N) is 1. The number of carbonyl (C=O) groups excluding carboxylic acids is 1. The lowest BCUT2D eigenvalue weighted by Gasteiger charge is -2.20. The molecule has 0 bridgehead atoms. The predicted molar refractivity (Wildman–Crippen MR) is 133 cm³/mol. The van der Waals surface area contributed by atoms with Gasteiger partial charge in [-0.05, 0) is 36.9 Å². The Hall–Kier alpha value is -3.04. The van der Waals surface area contributed by atoms with E-state index in [1.807, 2.05) is 6.08 Å². The van der Waals surface area contributed by atoms with Gasteiger partial charge in [-0.3, -0.25) is 0 Å². The Kier molecular flexibility index (Phi) is 9.17. The first-order valence-corrected chi connectivity index (χ1v) is 13.2. The Bertz CT molecular complexity index is 1160. The lowest BCUT2D eigenvalue weighted by Crippen LogP contribution is -2.28. The fourth-order valence-electron chi connectivity index (χ4n) is 4.09. The summed E-state index contributed by atoms with van der Waals surface area (Å²) in [5.41, 5.74) is 1.11. The van der Waals surface area contributed by atoms with Gasteiger partial charge < -0.3 is 23.8 Å². The van der Waals surface area contributed by atoms with E-state index in [9.17, 15) is 13.2 Å². The standard InChI is InChI=1S/C26H33NO7S/c1-5-27(6-2)14-16-34-22-9-7-8-10-23(22)35(29,30)18-20-11-12-21(19-13-15-33-17-19)25(31-3)24(20)26(28)32-4/h7-13,15,19H,5-6,14,16-18H2,1-4H3. The fraction of sp³-hybridized carbons (Fsp3) is 0.423. The highest BCUT2D eigenvalue weighted by atomic mass is 32.2. The number of ether oxygens (including phenoxy) is 4. The number of hydrogen-bond acceptors (Lipinski definition) is 8. The number of likely N-dealkylation sites (N-methyl/N-ethyl adjacent to an activating group) is 1. The van der Waals surface area contributed by atoms with E-state index in [1.54, 1.807) is 36.6 Å². The van der Waals surface area contributed by atoms with Gasteiger partial charge in [-0.2, -0.15) is 0 Å². The normalized spacial score (nSPS) is 15.2. The van der Waals surface area contributed by atoms with Gasteiger partial charge in [-0.1, -0.05) is 38.1 Å². The third kappa shape index (κ3) is 6.15. The molecule has 1 unspecified atom stereocenters. The number of hydrogen-bond donors (Lipinski definition) is 0. The molecular weight excluding hydrogens is 470 g/mol. The first-order valence-electron chi connectivity index (χ1n) is 11.6. The molecule has 3 rings (SSSR count). The highest BCUT2D eigenvalue weighted by Gasteiger charge is 2.29. The molecule has 0 aliphatic carbocycles. The zero-order valence-corrected chi connectivity index (χ0v) is 21.5. The van der Waals surface area contributed by atoms with E-state index >= 15 is 0 Å². The van der Waals surface area contributed by atoms with E-state index < -0.39 is 21.6 Å². The molecule has 1 heterocycles. The Morgan fingerprint density at radius 1 is 1.11 bits per heavy atom. The molecule has 1 aliphatic rings. The smallest absolute Gasteiger partial charge is 0.341 e. The number of methoxy groups -OCH3 is 2. The van der Waals surface area contributed by atoms with Crippen molar-refractivity contribution in [1.29, 1.82) is 0 Å². The summed E-state index contributed by atoms with van der Waals surface area (Å²) < 4.78 is 48.8. The van der Waals surface area contributed by atoms with Crippen LogP contribution in [0.2, 0.25) is 0 Å². The maximum absolute atomic E-state index is 13.5. The van der Waals surface area contributed by atoms with E-state index in [4.69, 9.17) is 18.9 Å². The average molecular weight is 504 g/mol. The van der Waals surface area contributed by atoms with Crippen LogP contribution in [0.1, 0.15) is 41.3 Å². The Balaban J connectivity index is 1.95. The summed E-state index contributed by atoms with van der Waals surface area (Å²) in [5, 5.41) is 0. The van der Waals surface area contributed by atoms with Crippen molar-refractivity contribution in [1.82, 2.24) is 4.90 Å². The molecule has 0 radical (unpaired) electrons. The van der Waals surface area contributed by atoms with Crippen molar-refractivity contribution in [3.8, 4) is 11.5 Å². The van der Waals surface area contributed by atoms with Crippen LogP contribution in [0.25, 0.3) is 0 Å². The molecule has 35 heavy (non-hydrogen) atoms. The van der Waals surface area contributed by atoms with Crippen LogP contribution in [0.15, 0.2) is 53.6 Å². The summed E-state index contributed by atoms with van der Waals surface area (Å²) in [6.45, 7) is 7.36. The van der Waals surface area contributed by atoms with Crippen molar-refractivity contribution < 1.29 is 32.2 Å². The molecule has 0 amide bonds. The van der Waals surface area contributed by atoms with Crippen molar-refractivity contribution in [2.75, 3.05) is 47.1 Å². The monoisotopic (exact) mass is 503 g/mol. The first-order chi connectivity index (χ1) is 16.9. The summed E-state index contributed by atoms with van der Waals surface area (Å²) in [7, 11) is -1.17. The van der Waals surface area contributed by atoms with Crippen LogP contribution < -0.4 is 9.47 Å². The second kappa shape index (κ2) is 12.1. The molecule has 0 N–H and O–H groups in total. The minimum Gasteiger partial charge on any atom is -0.501 e. The average Bonchev–Trinajstić information content (AvgIpc) is 3.40. The molecule has 190 valence electrons. The first kappa shape index (κ1) is 26.6. The molecule has 1 aliphatic heterocycles. The van der Waals surface area contributed by atoms with Gasteiger partial charge in [0.25, 0.3) is 0 Å². The van der Waals surface area contributed by atoms with Crippen LogP contribution in [-0.2, 0) is 25.1 Å². The summed E-state index contributed by atoms with van der Waals surface area (Å²) in [4.78, 5) is 15.0. The quantitative estimate of drug-likeness (QED) is 0.404. The molecular formula is C26H33NO7S. The lowest BCUT2D eigenvalue weighted by molar-refractivity contribution is 0.0595. The lowest BCUT2D eigenvalue weighted by atomic mass is 9.94. The van der Waals surface area contributed by atoms with E-state index in [1.165, 1.54) is 20.3 Å². The molecule has 0 fully saturated rings. The van der Waals surface area contributed by atoms with Gasteiger partial charge in [0.05, 0.1) is 32.8 Å². The molecule has 0 spiro atoms. The fourth-order valence-corrected chi connectivity index (χ4v) is 5.61. The van der Waals surface area contributed by atoms with Crippen LogP contribution in [0.5, 0.6) is 11.5 Å². The summed E-state index contributed by atoms with van der Waals surface area (Å²) in [6, 6.07) is 9.96. The van der Waals surface area contributed by atoms with Crippen LogP contribution in [0.3, 0.4) is 0 Å². The van der Waals surface area contributed by atoms with Crippen molar-refractivity contribution in [3.05, 3.63) is 65.4 Å². The number of rotatable bonds is 12. The third-order valence-electron chi connectivity index (χ3n) is 6.04. The molecule has 0 saturated heterocycles. The largest absolute Gasteiger partial charge is 0.501 e. The number of esters is 1. The zero-order chi connectivity index (χ0) is 25.4. The SMILES string of the molecule is CCN(CC)CCOc1ccccc1S(=O)(=O)Cc1ccc(C2C=COC2)c(OC)c1C(=O)OC. The Morgan fingerprint density at radius 3 is 2.49 bits per heavy atom. The summed E-state index contributed by atoms with van der Waals surface area (Å²) in [6.07, 6.45) is 3.46. The van der Waals surface area contributed by atoms with Crippen LogP contribution in [0.4, 0.5) is 0 Å². The van der Waals surface area contributed by atoms with E-state index in [0.29, 0.717) is 25.3 Å². The van der Waals surface area contributed by atoms with Crippen LogP contribution >= 0.6 is 0 Å². The van der Waals surface area contributed by atoms with Crippen molar-refractivity contribution in [3.63, 3.8) is 0 Å². The van der Waals surface area contributed by atoms with Gasteiger partial charge in [0, 0.05) is 18.0 Å². The van der Waals surface area contributed by atoms with Crippen molar-refractivity contribution in [2.24, 2.45) is 0 Å². The Morgan fingerprint density at radius 2 is 1.86 bits per heavy atom. The van der Waals surface area contributed by atoms with Gasteiger partial charge in [0.1, 0.15) is 28.6 Å². The number of benzene rings is 2. The molecule has 9 heteroatoms. The number of carbonyl (C=O) groups is 1. The topological polar surface area (TPSA) is 91.4 Å². The van der Waals surface area contributed by atoms with E-state index in [0.717, 1.165) is 18.7 Å². The van der Waals surface area contributed by atoms with Gasteiger partial charge in [0.2, 0.25) is 0 Å².